The fourth-order valence-electron chi connectivity index (χ4n) is 4.69. The van der Waals surface area contributed by atoms with Gasteiger partial charge in [-0.25, -0.2) is 4.99 Å². The van der Waals surface area contributed by atoms with Crippen LogP contribution in [0.25, 0.3) is 0 Å². The van der Waals surface area contributed by atoms with E-state index in [0.717, 1.165) is 43.7 Å². The fraction of sp³-hybridized carbons (Fsp3) is 0.591. The van der Waals surface area contributed by atoms with Gasteiger partial charge in [0.05, 0.1) is 0 Å². The highest BCUT2D eigenvalue weighted by Gasteiger charge is 2.45. The molecule has 1 aromatic carbocycles. The van der Waals surface area contributed by atoms with E-state index in [-0.39, 0.29) is 29.4 Å². The van der Waals surface area contributed by atoms with Gasteiger partial charge in [0.25, 0.3) is 0 Å². The highest BCUT2D eigenvalue weighted by atomic mass is 127. The van der Waals surface area contributed by atoms with Gasteiger partial charge >= 0.3 is 0 Å². The predicted molar refractivity (Wildman–Crippen MR) is 131 cm³/mol. The summed E-state index contributed by atoms with van der Waals surface area (Å²) in [4.78, 5) is 7.35. The molecule has 0 unspecified atom stereocenters. The van der Waals surface area contributed by atoms with Crippen LogP contribution in [0, 0.1) is 6.92 Å². The van der Waals surface area contributed by atoms with E-state index in [1.165, 1.54) is 36.9 Å². The molecule has 1 aliphatic heterocycles. The Labute approximate surface area is 196 Å². The van der Waals surface area contributed by atoms with Crippen LogP contribution >= 0.6 is 24.0 Å². The Balaban J connectivity index is 0.00000256. The minimum absolute atomic E-state index is 0. The fourth-order valence-corrected chi connectivity index (χ4v) is 4.69. The number of anilines is 1. The third kappa shape index (κ3) is 4.49. The molecule has 1 N–H and O–H groups in total. The first-order valence-corrected chi connectivity index (χ1v) is 10.6. The summed E-state index contributed by atoms with van der Waals surface area (Å²) in [6.45, 7) is 5.04. The summed E-state index contributed by atoms with van der Waals surface area (Å²) in [6, 6.07) is 8.86. The lowest BCUT2D eigenvalue weighted by molar-refractivity contribution is 0.195. The van der Waals surface area contributed by atoms with Crippen LogP contribution in [0.3, 0.4) is 0 Å². The molecule has 0 amide bonds. The number of para-hydroxylation sites is 1. The van der Waals surface area contributed by atoms with E-state index in [1.807, 2.05) is 18.5 Å². The van der Waals surface area contributed by atoms with Crippen LogP contribution in [0.15, 0.2) is 29.3 Å². The molecule has 0 bridgehead atoms. The number of nitrogens with one attached hydrogen (secondary N) is 1. The number of halogens is 1. The highest BCUT2D eigenvalue weighted by molar-refractivity contribution is 14.0. The Morgan fingerprint density at radius 2 is 2.00 bits per heavy atom. The van der Waals surface area contributed by atoms with E-state index in [4.69, 9.17) is 9.73 Å². The highest BCUT2D eigenvalue weighted by Crippen LogP contribution is 2.50. The van der Waals surface area contributed by atoms with Crippen molar-refractivity contribution in [3.63, 3.8) is 0 Å². The summed E-state index contributed by atoms with van der Waals surface area (Å²) in [5.74, 6) is 2.71. The monoisotopic (exact) mass is 524 g/mol. The summed E-state index contributed by atoms with van der Waals surface area (Å²) in [5.41, 5.74) is 3.05. The van der Waals surface area contributed by atoms with Gasteiger partial charge in [0, 0.05) is 45.0 Å². The summed E-state index contributed by atoms with van der Waals surface area (Å²) in [7, 11) is 3.73. The summed E-state index contributed by atoms with van der Waals surface area (Å²) in [5, 5.41) is 12.0. The number of benzene rings is 1. The molecule has 1 saturated carbocycles. The first kappa shape index (κ1) is 23.0. The molecule has 30 heavy (non-hydrogen) atoms. The SMILES string of the molecule is COCCCNC(=NCc1nnc(C)n1C)N1CC2(CCCC2)c2ccccc21.I. The summed E-state index contributed by atoms with van der Waals surface area (Å²) >= 11 is 0. The van der Waals surface area contributed by atoms with E-state index in [9.17, 15) is 0 Å². The maximum absolute atomic E-state index is 5.21. The zero-order valence-corrected chi connectivity index (χ0v) is 20.6. The number of hydrogen-bond acceptors (Lipinski definition) is 4. The minimum Gasteiger partial charge on any atom is -0.385 e. The Bertz CT molecular complexity index is 874. The van der Waals surface area contributed by atoms with E-state index < -0.39 is 0 Å². The zero-order chi connectivity index (χ0) is 20.3. The molecular weight excluding hydrogens is 491 g/mol. The second-order valence-electron chi connectivity index (χ2n) is 8.23. The number of aliphatic imine (C=N–C) groups is 1. The van der Waals surface area contributed by atoms with Crippen LogP contribution in [-0.4, -0.2) is 47.5 Å². The molecule has 1 aromatic heterocycles. The van der Waals surface area contributed by atoms with Gasteiger partial charge in [-0.2, -0.15) is 0 Å². The Morgan fingerprint density at radius 1 is 1.23 bits per heavy atom. The van der Waals surface area contributed by atoms with Crippen LogP contribution in [0.2, 0.25) is 0 Å². The van der Waals surface area contributed by atoms with Gasteiger partial charge in [0.1, 0.15) is 12.4 Å². The summed E-state index contributed by atoms with van der Waals surface area (Å²) < 4.78 is 7.22. The maximum atomic E-state index is 5.21. The number of aryl methyl sites for hydroxylation is 1. The van der Waals surface area contributed by atoms with Gasteiger partial charge in [-0.1, -0.05) is 31.0 Å². The number of ether oxygens (including phenoxy) is 1. The number of methoxy groups -OCH3 is 1. The average molecular weight is 524 g/mol. The second kappa shape index (κ2) is 10.1. The maximum Gasteiger partial charge on any atom is 0.198 e. The topological polar surface area (TPSA) is 67.6 Å². The number of hydrogen-bond donors (Lipinski definition) is 1. The van der Waals surface area contributed by atoms with Gasteiger partial charge in [0.2, 0.25) is 0 Å². The molecule has 0 radical (unpaired) electrons. The van der Waals surface area contributed by atoms with E-state index in [2.05, 4.69) is 44.7 Å². The molecule has 8 heteroatoms. The van der Waals surface area contributed by atoms with Crippen molar-refractivity contribution < 1.29 is 4.74 Å². The molecule has 1 aliphatic carbocycles. The van der Waals surface area contributed by atoms with Crippen molar-refractivity contribution in [3.8, 4) is 0 Å². The molecule has 1 spiro atoms. The smallest absolute Gasteiger partial charge is 0.198 e. The lowest BCUT2D eigenvalue weighted by Gasteiger charge is -2.27. The van der Waals surface area contributed by atoms with E-state index in [0.29, 0.717) is 6.54 Å². The number of rotatable bonds is 6. The van der Waals surface area contributed by atoms with Crippen molar-refractivity contribution in [2.75, 3.05) is 31.7 Å². The lowest BCUT2D eigenvalue weighted by Crippen LogP contribution is -2.44. The van der Waals surface area contributed by atoms with Crippen LogP contribution in [0.1, 0.15) is 49.3 Å². The molecule has 2 aromatic rings. The Kier molecular flexibility index (Phi) is 7.73. The molecule has 1 fully saturated rings. The largest absolute Gasteiger partial charge is 0.385 e. The van der Waals surface area contributed by atoms with E-state index in [1.54, 1.807) is 7.11 Å². The van der Waals surface area contributed by atoms with Crippen molar-refractivity contribution in [2.45, 2.75) is 51.0 Å². The van der Waals surface area contributed by atoms with Crippen molar-refractivity contribution in [1.29, 1.82) is 0 Å². The van der Waals surface area contributed by atoms with Crippen molar-refractivity contribution in [3.05, 3.63) is 41.5 Å². The molecule has 0 saturated heterocycles. The normalized spacial score (nSPS) is 17.3. The van der Waals surface area contributed by atoms with Crippen molar-refractivity contribution in [1.82, 2.24) is 20.1 Å². The van der Waals surface area contributed by atoms with Crippen molar-refractivity contribution >= 4 is 35.6 Å². The molecule has 2 aliphatic rings. The number of aromatic nitrogens is 3. The molecule has 0 atom stereocenters. The van der Waals surface area contributed by atoms with Crippen molar-refractivity contribution in [2.24, 2.45) is 12.0 Å². The zero-order valence-electron chi connectivity index (χ0n) is 18.2. The van der Waals surface area contributed by atoms with Gasteiger partial charge < -0.3 is 19.5 Å². The molecule has 164 valence electrons. The number of guanidine groups is 1. The molecule has 4 rings (SSSR count). The molecule has 2 heterocycles. The van der Waals surface area contributed by atoms with E-state index >= 15 is 0 Å². The minimum atomic E-state index is 0. The standard InChI is InChI=1S/C22H32N6O.HI/c1-17-25-26-20(27(17)2)15-24-21(23-13-8-14-29-3)28-16-22(11-6-7-12-22)18-9-4-5-10-19(18)28;/h4-5,9-10H,6-8,11-16H2,1-3H3,(H,23,24);1H. The van der Waals surface area contributed by atoms with Crippen LogP contribution in [0.5, 0.6) is 0 Å². The van der Waals surface area contributed by atoms with Crippen LogP contribution in [-0.2, 0) is 23.7 Å². The van der Waals surface area contributed by atoms with Gasteiger partial charge in [0.15, 0.2) is 11.8 Å². The first-order valence-electron chi connectivity index (χ1n) is 10.6. The number of nitrogens with zero attached hydrogens (tertiary/aromatic N) is 5. The Hall–Kier alpha value is -1.68. The van der Waals surface area contributed by atoms with Crippen LogP contribution < -0.4 is 10.2 Å². The second-order valence-corrected chi connectivity index (χ2v) is 8.23. The number of fused-ring (bicyclic) bond motifs is 2. The Morgan fingerprint density at radius 3 is 2.70 bits per heavy atom. The lowest BCUT2D eigenvalue weighted by atomic mass is 9.81. The molecule has 7 nitrogen and oxygen atoms in total. The van der Waals surface area contributed by atoms with Crippen LogP contribution in [0.4, 0.5) is 5.69 Å². The third-order valence-corrected chi connectivity index (χ3v) is 6.40. The van der Waals surface area contributed by atoms with Gasteiger partial charge in [-0.05, 0) is 37.8 Å². The molecular formula is C22H33IN6O. The third-order valence-electron chi connectivity index (χ3n) is 6.40. The predicted octanol–water partition coefficient (Wildman–Crippen LogP) is 3.56. The van der Waals surface area contributed by atoms with Gasteiger partial charge in [-0.3, -0.25) is 0 Å². The summed E-state index contributed by atoms with van der Waals surface area (Å²) in [6.07, 6.45) is 6.10. The average Bonchev–Trinajstić information content (AvgIpc) is 3.43. The van der Waals surface area contributed by atoms with Gasteiger partial charge in [-0.15, -0.1) is 34.2 Å². The first-order chi connectivity index (χ1) is 14.1. The quantitative estimate of drug-likeness (QED) is 0.271.